The van der Waals surface area contributed by atoms with E-state index >= 15 is 0 Å². The monoisotopic (exact) mass is 198 g/mol. The predicted molar refractivity (Wildman–Crippen MR) is 37.8 cm³/mol. The minimum atomic E-state index is 0.353. The zero-order valence-electron chi connectivity index (χ0n) is 4.91. The molecule has 0 fully saturated rings. The summed E-state index contributed by atoms with van der Waals surface area (Å²) in [6.07, 6.45) is 1.28. The molecule has 50 valence electrons. The summed E-state index contributed by atoms with van der Waals surface area (Å²) in [5.41, 5.74) is 0.471. The van der Waals surface area contributed by atoms with Crippen LogP contribution in [-0.2, 0) is 0 Å². The largest absolute Gasteiger partial charge is 0.618 e. The van der Waals surface area contributed by atoms with Gasteiger partial charge in [-0.15, -0.1) is 0 Å². The van der Waals surface area contributed by atoms with E-state index in [1.165, 1.54) is 18.3 Å². The first kappa shape index (κ1) is 7.03. The summed E-state index contributed by atoms with van der Waals surface area (Å²) in [7, 11) is 0. The first-order chi connectivity index (χ1) is 4.74. The molecule has 0 atom stereocenters. The molecule has 0 radical (unpaired) electrons. The summed E-state index contributed by atoms with van der Waals surface area (Å²) in [5, 5.41) is 19.0. The zero-order valence-corrected chi connectivity index (χ0v) is 6.50. The van der Waals surface area contributed by atoms with Crippen LogP contribution in [0.25, 0.3) is 0 Å². The van der Waals surface area contributed by atoms with Gasteiger partial charge in [0.25, 0.3) is 4.60 Å². The average Bonchev–Trinajstić information content (AvgIpc) is 1.95. The van der Waals surface area contributed by atoms with Crippen LogP contribution in [0, 0.1) is 16.5 Å². The van der Waals surface area contributed by atoms with Crippen LogP contribution in [0.15, 0.2) is 22.9 Å². The van der Waals surface area contributed by atoms with Crippen molar-refractivity contribution in [3.8, 4) is 6.07 Å². The molecule has 0 bridgehead atoms. The summed E-state index contributed by atoms with van der Waals surface area (Å²) in [4.78, 5) is 0. The molecular formula is C6H3BrN2O. The fourth-order valence-electron chi connectivity index (χ4n) is 0.529. The van der Waals surface area contributed by atoms with Crippen molar-refractivity contribution in [3.63, 3.8) is 0 Å². The first-order valence-electron chi connectivity index (χ1n) is 2.53. The van der Waals surface area contributed by atoms with Gasteiger partial charge < -0.3 is 5.21 Å². The minimum absolute atomic E-state index is 0.353. The van der Waals surface area contributed by atoms with Gasteiger partial charge in [-0.2, -0.15) is 9.99 Å². The van der Waals surface area contributed by atoms with Gasteiger partial charge in [-0.05, 0) is 0 Å². The molecule has 3 nitrogen and oxygen atoms in total. The molecule has 1 rings (SSSR count). The van der Waals surface area contributed by atoms with Crippen LogP contribution in [0.4, 0.5) is 0 Å². The highest BCUT2D eigenvalue weighted by Crippen LogP contribution is 2.04. The van der Waals surface area contributed by atoms with Crippen molar-refractivity contribution in [2.45, 2.75) is 0 Å². The van der Waals surface area contributed by atoms with Crippen molar-refractivity contribution >= 4 is 15.9 Å². The summed E-state index contributed by atoms with van der Waals surface area (Å²) >= 11 is 2.99. The van der Waals surface area contributed by atoms with Crippen LogP contribution < -0.4 is 4.73 Å². The van der Waals surface area contributed by atoms with Crippen molar-refractivity contribution < 1.29 is 4.73 Å². The Morgan fingerprint density at radius 3 is 2.90 bits per heavy atom. The Hall–Kier alpha value is -1.08. The number of halogens is 1. The van der Waals surface area contributed by atoms with Gasteiger partial charge in [0.05, 0.1) is 11.6 Å². The van der Waals surface area contributed by atoms with Gasteiger partial charge in [-0.25, -0.2) is 0 Å². The molecule has 0 aliphatic carbocycles. The highest BCUT2D eigenvalue weighted by Gasteiger charge is 1.99. The molecule has 0 amide bonds. The third kappa shape index (κ3) is 1.25. The topological polar surface area (TPSA) is 50.7 Å². The Kier molecular flexibility index (Phi) is 1.88. The van der Waals surface area contributed by atoms with Crippen LogP contribution in [-0.4, -0.2) is 0 Å². The zero-order chi connectivity index (χ0) is 7.56. The van der Waals surface area contributed by atoms with Gasteiger partial charge in [0.15, 0.2) is 6.20 Å². The van der Waals surface area contributed by atoms with E-state index in [0.717, 1.165) is 0 Å². The second-order valence-corrected chi connectivity index (χ2v) is 2.49. The molecule has 0 saturated carbocycles. The average molecular weight is 199 g/mol. The normalized spacial score (nSPS) is 8.80. The molecule has 1 heterocycles. The molecule has 4 heteroatoms. The summed E-state index contributed by atoms with van der Waals surface area (Å²) in [5.74, 6) is 0. The summed E-state index contributed by atoms with van der Waals surface area (Å²) < 4.78 is 0.993. The van der Waals surface area contributed by atoms with Gasteiger partial charge in [0, 0.05) is 28.1 Å². The number of nitriles is 1. The lowest BCUT2D eigenvalue weighted by Gasteiger charge is -1.95. The Bertz CT molecular complexity index is 292. The number of rotatable bonds is 0. The summed E-state index contributed by atoms with van der Waals surface area (Å²) in [6, 6.07) is 4.83. The number of nitrogens with zero attached hydrogens (tertiary/aromatic N) is 2. The second kappa shape index (κ2) is 2.67. The maximum atomic E-state index is 10.6. The summed E-state index contributed by atoms with van der Waals surface area (Å²) in [6.45, 7) is 0. The SMILES string of the molecule is N#Cc1cc[n+]([O-])c(Br)c1. The molecule has 0 unspecified atom stereocenters. The van der Waals surface area contributed by atoms with Crippen molar-refractivity contribution in [3.05, 3.63) is 33.7 Å². The third-order valence-electron chi connectivity index (χ3n) is 1.00. The van der Waals surface area contributed by atoms with Crippen LogP contribution >= 0.6 is 15.9 Å². The third-order valence-corrected chi connectivity index (χ3v) is 1.58. The maximum absolute atomic E-state index is 10.6. The van der Waals surface area contributed by atoms with Gasteiger partial charge in [-0.1, -0.05) is 0 Å². The van der Waals surface area contributed by atoms with E-state index in [1.54, 1.807) is 0 Å². The van der Waals surface area contributed by atoms with Crippen molar-refractivity contribution in [2.24, 2.45) is 0 Å². The second-order valence-electron chi connectivity index (χ2n) is 1.68. The first-order valence-corrected chi connectivity index (χ1v) is 3.32. The van der Waals surface area contributed by atoms with Crippen molar-refractivity contribution in [2.75, 3.05) is 0 Å². The van der Waals surface area contributed by atoms with E-state index in [-0.39, 0.29) is 0 Å². The highest BCUT2D eigenvalue weighted by atomic mass is 79.9. The number of hydrogen-bond donors (Lipinski definition) is 0. The van der Waals surface area contributed by atoms with Crippen molar-refractivity contribution in [1.82, 2.24) is 0 Å². The standard InChI is InChI=1S/C6H3BrN2O/c7-6-3-5(4-8)1-2-9(6)10/h1-3H. The van der Waals surface area contributed by atoms with Crippen LogP contribution in [0.5, 0.6) is 0 Å². The van der Waals surface area contributed by atoms with E-state index in [9.17, 15) is 5.21 Å². The van der Waals surface area contributed by atoms with Crippen LogP contribution in [0.2, 0.25) is 0 Å². The van der Waals surface area contributed by atoms with E-state index in [2.05, 4.69) is 15.9 Å². The lowest BCUT2D eigenvalue weighted by atomic mass is 10.3. The fraction of sp³-hybridized carbons (Fsp3) is 0. The fourth-order valence-corrected chi connectivity index (χ4v) is 0.894. The molecule has 10 heavy (non-hydrogen) atoms. The van der Waals surface area contributed by atoms with E-state index in [4.69, 9.17) is 5.26 Å². The Morgan fingerprint density at radius 2 is 2.40 bits per heavy atom. The van der Waals surface area contributed by atoms with Gasteiger partial charge in [0.1, 0.15) is 0 Å². The molecule has 1 aromatic heterocycles. The smallest absolute Gasteiger partial charge is 0.260 e. The Balaban J connectivity index is 3.20. The van der Waals surface area contributed by atoms with Gasteiger partial charge in [0.2, 0.25) is 0 Å². The maximum Gasteiger partial charge on any atom is 0.260 e. The predicted octanol–water partition coefficient (Wildman–Crippen LogP) is 0.954. The lowest BCUT2D eigenvalue weighted by Crippen LogP contribution is -2.26. The van der Waals surface area contributed by atoms with Crippen LogP contribution in [0.3, 0.4) is 0 Å². The Labute approximate surface area is 66.2 Å². The van der Waals surface area contributed by atoms with Crippen LogP contribution in [0.1, 0.15) is 5.56 Å². The number of aromatic nitrogens is 1. The minimum Gasteiger partial charge on any atom is -0.618 e. The molecule has 1 aromatic rings. The lowest BCUT2D eigenvalue weighted by molar-refractivity contribution is -0.617. The van der Waals surface area contributed by atoms with E-state index in [0.29, 0.717) is 14.9 Å². The van der Waals surface area contributed by atoms with Crippen molar-refractivity contribution in [1.29, 1.82) is 5.26 Å². The van der Waals surface area contributed by atoms with Gasteiger partial charge >= 0.3 is 0 Å². The van der Waals surface area contributed by atoms with E-state index < -0.39 is 0 Å². The van der Waals surface area contributed by atoms with E-state index in [1.807, 2.05) is 6.07 Å². The number of pyridine rings is 1. The molecule has 0 saturated heterocycles. The quantitative estimate of drug-likeness (QED) is 0.355. The molecule has 0 aliphatic rings. The molecular weight excluding hydrogens is 196 g/mol. The highest BCUT2D eigenvalue weighted by molar-refractivity contribution is 9.10. The van der Waals surface area contributed by atoms with Gasteiger partial charge in [-0.3, -0.25) is 0 Å². The molecule has 0 aromatic carbocycles. The molecule has 0 spiro atoms. The number of hydrogen-bond acceptors (Lipinski definition) is 2. The molecule has 0 aliphatic heterocycles. The Morgan fingerprint density at radius 1 is 1.70 bits per heavy atom. The molecule has 0 N–H and O–H groups in total.